The highest BCUT2D eigenvalue weighted by Gasteiger charge is 2.41. The van der Waals surface area contributed by atoms with Gasteiger partial charge in [0, 0.05) is 11.5 Å². The zero-order valence-corrected chi connectivity index (χ0v) is 11.6. The molecule has 0 radical (unpaired) electrons. The van der Waals surface area contributed by atoms with Crippen LogP contribution in [-0.2, 0) is 10.5 Å². The number of carbonyl (C=O) groups is 2. The van der Waals surface area contributed by atoms with E-state index in [0.717, 1.165) is 5.75 Å². The molecule has 2 N–H and O–H groups in total. The highest BCUT2D eigenvalue weighted by molar-refractivity contribution is 7.98. The van der Waals surface area contributed by atoms with Crippen molar-refractivity contribution in [3.63, 3.8) is 0 Å². The fourth-order valence-corrected chi connectivity index (χ4v) is 2.77. The summed E-state index contributed by atoms with van der Waals surface area (Å²) < 4.78 is 0. The van der Waals surface area contributed by atoms with Crippen molar-refractivity contribution in [1.29, 1.82) is 0 Å². The maximum atomic E-state index is 11.5. The Kier molecular flexibility index (Phi) is 5.04. The number of amides is 3. The number of urea groups is 1. The van der Waals surface area contributed by atoms with Gasteiger partial charge in [-0.3, -0.25) is 10.1 Å². The number of hydrogen-bond acceptors (Lipinski definition) is 3. The van der Waals surface area contributed by atoms with Crippen LogP contribution in [-0.4, -0.2) is 23.2 Å². The highest BCUT2D eigenvalue weighted by atomic mass is 35.5. The SMILES string of the molecule is C[C@]1(CSCc2ccccc2)NC(=O)NC1=O.Cl. The summed E-state index contributed by atoms with van der Waals surface area (Å²) in [6.07, 6.45) is 0. The Labute approximate surface area is 116 Å². The Hall–Kier alpha value is -1.20. The molecule has 1 aromatic rings. The van der Waals surface area contributed by atoms with E-state index in [2.05, 4.69) is 10.6 Å². The lowest BCUT2D eigenvalue weighted by molar-refractivity contribution is -0.122. The summed E-state index contributed by atoms with van der Waals surface area (Å²) in [5.74, 6) is 1.15. The van der Waals surface area contributed by atoms with E-state index in [1.54, 1.807) is 18.7 Å². The fraction of sp³-hybridized carbons (Fsp3) is 0.333. The summed E-state index contributed by atoms with van der Waals surface area (Å²) in [6.45, 7) is 1.74. The van der Waals surface area contributed by atoms with Crippen molar-refractivity contribution in [2.24, 2.45) is 0 Å². The second-order valence-electron chi connectivity index (χ2n) is 4.22. The third kappa shape index (κ3) is 3.40. The minimum Gasteiger partial charge on any atom is -0.323 e. The molecule has 1 saturated heterocycles. The second kappa shape index (κ2) is 6.11. The number of carbonyl (C=O) groups excluding carboxylic acids is 2. The highest BCUT2D eigenvalue weighted by Crippen LogP contribution is 2.20. The van der Waals surface area contributed by atoms with Gasteiger partial charge in [0.15, 0.2) is 0 Å². The predicted molar refractivity (Wildman–Crippen MR) is 74.9 cm³/mol. The first-order valence-corrected chi connectivity index (χ1v) is 6.51. The van der Waals surface area contributed by atoms with E-state index >= 15 is 0 Å². The molecule has 0 unspecified atom stereocenters. The van der Waals surface area contributed by atoms with Gasteiger partial charge in [-0.1, -0.05) is 30.3 Å². The standard InChI is InChI=1S/C12H14N2O2S.ClH/c1-12(10(15)13-11(16)14-12)8-17-7-9-5-3-2-4-6-9;/h2-6H,7-8H2,1H3,(H2,13,14,15,16);1H/t12-;/m1./s1. The zero-order chi connectivity index (χ0) is 12.3. The number of hydrogen-bond donors (Lipinski definition) is 2. The van der Waals surface area contributed by atoms with Crippen molar-refractivity contribution in [2.45, 2.75) is 18.2 Å². The van der Waals surface area contributed by atoms with E-state index < -0.39 is 11.6 Å². The van der Waals surface area contributed by atoms with E-state index in [1.165, 1.54) is 5.56 Å². The summed E-state index contributed by atoms with van der Waals surface area (Å²) in [5.41, 5.74) is 0.433. The molecular formula is C12H15ClN2O2S. The summed E-state index contributed by atoms with van der Waals surface area (Å²) in [5, 5.41) is 4.90. The third-order valence-corrected chi connectivity index (χ3v) is 3.94. The molecule has 3 amide bonds. The summed E-state index contributed by atoms with van der Waals surface area (Å²) in [6, 6.07) is 9.63. The van der Waals surface area contributed by atoms with E-state index in [4.69, 9.17) is 0 Å². The molecule has 1 aliphatic rings. The molecule has 1 atom stereocenters. The number of halogens is 1. The number of nitrogens with one attached hydrogen (secondary N) is 2. The Bertz CT molecular complexity index is 441. The van der Waals surface area contributed by atoms with Crippen LogP contribution in [0.15, 0.2) is 30.3 Å². The maximum Gasteiger partial charge on any atom is 0.322 e. The Morgan fingerprint density at radius 3 is 2.44 bits per heavy atom. The molecule has 1 aliphatic heterocycles. The molecule has 0 saturated carbocycles. The summed E-state index contributed by atoms with van der Waals surface area (Å²) in [4.78, 5) is 22.6. The van der Waals surface area contributed by atoms with E-state index in [0.29, 0.717) is 5.75 Å². The lowest BCUT2D eigenvalue weighted by Gasteiger charge is -2.19. The average molecular weight is 287 g/mol. The number of imide groups is 1. The van der Waals surface area contributed by atoms with E-state index in [1.807, 2.05) is 30.3 Å². The van der Waals surface area contributed by atoms with Crippen LogP contribution in [0.3, 0.4) is 0 Å². The van der Waals surface area contributed by atoms with Gasteiger partial charge in [-0.15, -0.1) is 12.4 Å². The Balaban J connectivity index is 0.00000162. The van der Waals surface area contributed by atoms with Gasteiger partial charge in [-0.2, -0.15) is 11.8 Å². The van der Waals surface area contributed by atoms with Gasteiger partial charge >= 0.3 is 6.03 Å². The number of benzene rings is 1. The van der Waals surface area contributed by atoms with Gasteiger partial charge in [0.05, 0.1) is 0 Å². The van der Waals surface area contributed by atoms with Gasteiger partial charge in [-0.05, 0) is 12.5 Å². The predicted octanol–water partition coefficient (Wildman–Crippen LogP) is 1.94. The molecule has 98 valence electrons. The van der Waals surface area contributed by atoms with Crippen LogP contribution in [0.2, 0.25) is 0 Å². The molecule has 0 bridgehead atoms. The van der Waals surface area contributed by atoms with Crippen molar-refractivity contribution in [3.05, 3.63) is 35.9 Å². The number of thioether (sulfide) groups is 1. The molecule has 1 heterocycles. The summed E-state index contributed by atoms with van der Waals surface area (Å²) in [7, 11) is 0. The topological polar surface area (TPSA) is 58.2 Å². The number of rotatable bonds is 4. The van der Waals surface area contributed by atoms with Gasteiger partial charge in [0.2, 0.25) is 0 Å². The van der Waals surface area contributed by atoms with Crippen LogP contribution in [0, 0.1) is 0 Å². The lowest BCUT2D eigenvalue weighted by atomic mass is 10.1. The van der Waals surface area contributed by atoms with Crippen molar-refractivity contribution < 1.29 is 9.59 Å². The minimum atomic E-state index is -0.781. The summed E-state index contributed by atoms with van der Waals surface area (Å²) >= 11 is 1.63. The molecule has 1 fully saturated rings. The molecule has 18 heavy (non-hydrogen) atoms. The van der Waals surface area contributed by atoms with Gasteiger partial charge in [0.25, 0.3) is 5.91 Å². The largest absolute Gasteiger partial charge is 0.323 e. The average Bonchev–Trinajstić information content (AvgIpc) is 2.54. The lowest BCUT2D eigenvalue weighted by Crippen LogP contribution is -2.46. The monoisotopic (exact) mass is 286 g/mol. The first kappa shape index (κ1) is 14.9. The van der Waals surface area contributed by atoms with Crippen LogP contribution in [0.25, 0.3) is 0 Å². The smallest absolute Gasteiger partial charge is 0.322 e. The third-order valence-electron chi connectivity index (χ3n) is 2.62. The van der Waals surface area contributed by atoms with Crippen molar-refractivity contribution in [2.75, 3.05) is 5.75 Å². The fourth-order valence-electron chi connectivity index (χ4n) is 1.63. The first-order chi connectivity index (χ1) is 8.10. The maximum absolute atomic E-state index is 11.5. The van der Waals surface area contributed by atoms with E-state index in [9.17, 15) is 9.59 Å². The van der Waals surface area contributed by atoms with Crippen molar-refractivity contribution in [1.82, 2.24) is 10.6 Å². The molecular weight excluding hydrogens is 272 g/mol. The molecule has 2 rings (SSSR count). The normalized spacial score (nSPS) is 22.1. The first-order valence-electron chi connectivity index (χ1n) is 5.35. The Morgan fingerprint density at radius 2 is 1.89 bits per heavy atom. The van der Waals surface area contributed by atoms with Crippen LogP contribution >= 0.6 is 24.2 Å². The van der Waals surface area contributed by atoms with Crippen LogP contribution in [0.1, 0.15) is 12.5 Å². The Morgan fingerprint density at radius 1 is 1.22 bits per heavy atom. The van der Waals surface area contributed by atoms with E-state index in [-0.39, 0.29) is 18.3 Å². The second-order valence-corrected chi connectivity index (χ2v) is 5.20. The molecule has 1 aromatic carbocycles. The van der Waals surface area contributed by atoms with Crippen LogP contribution in [0.4, 0.5) is 4.79 Å². The minimum absolute atomic E-state index is 0. The van der Waals surface area contributed by atoms with Crippen LogP contribution < -0.4 is 10.6 Å². The zero-order valence-electron chi connectivity index (χ0n) is 9.93. The molecule has 6 heteroatoms. The van der Waals surface area contributed by atoms with Crippen molar-refractivity contribution >= 4 is 36.1 Å². The van der Waals surface area contributed by atoms with Gasteiger partial charge in [0.1, 0.15) is 5.54 Å². The van der Waals surface area contributed by atoms with Gasteiger partial charge in [-0.25, -0.2) is 4.79 Å². The van der Waals surface area contributed by atoms with Gasteiger partial charge < -0.3 is 5.32 Å². The molecule has 0 spiro atoms. The molecule has 4 nitrogen and oxygen atoms in total. The van der Waals surface area contributed by atoms with Crippen molar-refractivity contribution in [3.8, 4) is 0 Å². The molecule has 0 aliphatic carbocycles. The molecule has 0 aromatic heterocycles. The quantitative estimate of drug-likeness (QED) is 0.832. The van der Waals surface area contributed by atoms with Crippen LogP contribution in [0.5, 0.6) is 0 Å².